The Bertz CT molecular complexity index is 1000. The third kappa shape index (κ3) is 4.49. The maximum Gasteiger partial charge on any atom is 0.344 e. The van der Waals surface area contributed by atoms with E-state index >= 15 is 0 Å². The summed E-state index contributed by atoms with van der Waals surface area (Å²) in [7, 11) is 0. The highest BCUT2D eigenvalue weighted by molar-refractivity contribution is 8.19. The summed E-state index contributed by atoms with van der Waals surface area (Å²) in [6.45, 7) is 3.93. The predicted octanol–water partition coefficient (Wildman–Crippen LogP) is 4.57. The molecule has 2 aromatic rings. The molecule has 1 aliphatic rings. The van der Waals surface area contributed by atoms with Crippen molar-refractivity contribution in [2.75, 3.05) is 11.5 Å². The van der Waals surface area contributed by atoms with E-state index in [1.54, 1.807) is 55.5 Å². The highest BCUT2D eigenvalue weighted by Gasteiger charge is 2.38. The number of carbonyl (C=O) groups is 3. The average Bonchev–Trinajstić information content (AvgIpc) is 3.00. The van der Waals surface area contributed by atoms with Gasteiger partial charge in [-0.2, -0.15) is 0 Å². The minimum Gasteiger partial charge on any atom is -0.492 e. The molecule has 2 aromatic carbocycles. The fourth-order valence-corrected chi connectivity index (χ4v) is 3.73. The highest BCUT2D eigenvalue weighted by Crippen LogP contribution is 2.40. The molecule has 0 aliphatic carbocycles. The quantitative estimate of drug-likeness (QED) is 0.617. The number of carboxylic acids is 1. The molecule has 3 rings (SSSR count). The molecular formula is C22H21NO6S. The Morgan fingerprint density at radius 2 is 1.77 bits per heavy atom. The summed E-state index contributed by atoms with van der Waals surface area (Å²) < 4.78 is 11.2. The van der Waals surface area contributed by atoms with Gasteiger partial charge in [0, 0.05) is 5.56 Å². The van der Waals surface area contributed by atoms with Crippen molar-refractivity contribution in [2.24, 2.45) is 0 Å². The van der Waals surface area contributed by atoms with Gasteiger partial charge in [0.05, 0.1) is 17.2 Å². The molecule has 2 amide bonds. The van der Waals surface area contributed by atoms with Crippen molar-refractivity contribution in [3.8, 4) is 11.5 Å². The van der Waals surface area contributed by atoms with E-state index < -0.39 is 23.2 Å². The number of benzene rings is 2. The van der Waals surface area contributed by atoms with E-state index in [9.17, 15) is 19.5 Å². The van der Waals surface area contributed by atoms with Crippen LogP contribution >= 0.6 is 11.8 Å². The van der Waals surface area contributed by atoms with Gasteiger partial charge in [0.25, 0.3) is 11.1 Å². The molecule has 30 heavy (non-hydrogen) atoms. The number of anilines is 1. The topological polar surface area (TPSA) is 93.1 Å². The Morgan fingerprint density at radius 3 is 2.43 bits per heavy atom. The van der Waals surface area contributed by atoms with E-state index in [1.807, 2.05) is 6.92 Å². The number of rotatable bonds is 8. The molecule has 0 aromatic heterocycles. The van der Waals surface area contributed by atoms with Crippen molar-refractivity contribution in [3.05, 3.63) is 59.0 Å². The second-order valence-electron chi connectivity index (χ2n) is 6.31. The van der Waals surface area contributed by atoms with Crippen LogP contribution in [0.1, 0.15) is 25.8 Å². The fourth-order valence-electron chi connectivity index (χ4n) is 2.90. The van der Waals surface area contributed by atoms with Crippen molar-refractivity contribution >= 4 is 40.6 Å². The van der Waals surface area contributed by atoms with E-state index in [4.69, 9.17) is 9.47 Å². The fraction of sp³-hybridized carbons (Fsp3) is 0.227. The lowest BCUT2D eigenvalue weighted by Crippen LogP contribution is -2.28. The van der Waals surface area contributed by atoms with Crippen LogP contribution in [0, 0.1) is 0 Å². The molecule has 1 unspecified atom stereocenters. The minimum atomic E-state index is -1.07. The molecule has 0 spiro atoms. The SMILES string of the molecule is CCOc1ccccc1N1C(=O)S/C(=C/c2ccccc2OC(CC)C(=O)O)C1=O. The first-order valence-electron chi connectivity index (χ1n) is 9.44. The van der Waals surface area contributed by atoms with Crippen molar-refractivity contribution in [2.45, 2.75) is 26.4 Å². The summed E-state index contributed by atoms with van der Waals surface area (Å²) in [6.07, 6.45) is 0.819. The van der Waals surface area contributed by atoms with Gasteiger partial charge >= 0.3 is 5.97 Å². The summed E-state index contributed by atoms with van der Waals surface area (Å²) in [4.78, 5) is 38.2. The monoisotopic (exact) mass is 427 g/mol. The number of carbonyl (C=O) groups excluding carboxylic acids is 2. The van der Waals surface area contributed by atoms with Crippen LogP contribution in [0.5, 0.6) is 11.5 Å². The van der Waals surface area contributed by atoms with Gasteiger partial charge in [0.2, 0.25) is 0 Å². The number of aliphatic carboxylic acids is 1. The number of imide groups is 1. The van der Waals surface area contributed by atoms with Crippen LogP contribution in [-0.4, -0.2) is 34.9 Å². The molecule has 1 heterocycles. The summed E-state index contributed by atoms with van der Waals surface area (Å²) in [5.74, 6) is -0.773. The van der Waals surface area contributed by atoms with Crippen LogP contribution in [0.4, 0.5) is 10.5 Å². The zero-order valence-corrected chi connectivity index (χ0v) is 17.3. The maximum atomic E-state index is 13.0. The molecule has 1 atom stereocenters. The van der Waals surface area contributed by atoms with Gasteiger partial charge in [0.1, 0.15) is 11.5 Å². The molecule has 0 bridgehead atoms. The Labute approximate surface area is 178 Å². The number of amides is 2. The zero-order chi connectivity index (χ0) is 21.7. The van der Waals surface area contributed by atoms with Crippen LogP contribution in [0.3, 0.4) is 0 Å². The van der Waals surface area contributed by atoms with Crippen LogP contribution in [0.2, 0.25) is 0 Å². The van der Waals surface area contributed by atoms with Gasteiger partial charge in [-0.15, -0.1) is 0 Å². The average molecular weight is 427 g/mol. The summed E-state index contributed by atoms with van der Waals surface area (Å²) >= 11 is 0.809. The summed E-state index contributed by atoms with van der Waals surface area (Å²) in [5.41, 5.74) is 0.896. The first-order chi connectivity index (χ1) is 14.5. The number of thioether (sulfide) groups is 1. The summed E-state index contributed by atoms with van der Waals surface area (Å²) in [6, 6.07) is 13.6. The molecule has 1 N–H and O–H groups in total. The van der Waals surface area contributed by atoms with Crippen LogP contribution in [0.15, 0.2) is 53.4 Å². The van der Waals surface area contributed by atoms with Crippen molar-refractivity contribution < 1.29 is 29.0 Å². The molecule has 1 aliphatic heterocycles. The Kier molecular flexibility index (Phi) is 6.79. The first kappa shape index (κ1) is 21.4. The van der Waals surface area contributed by atoms with Gasteiger partial charge in [-0.05, 0) is 49.4 Å². The molecule has 1 fully saturated rings. The van der Waals surface area contributed by atoms with E-state index in [-0.39, 0.29) is 11.3 Å². The van der Waals surface area contributed by atoms with E-state index in [0.29, 0.717) is 29.4 Å². The lowest BCUT2D eigenvalue weighted by molar-refractivity contribution is -0.145. The van der Waals surface area contributed by atoms with Gasteiger partial charge in [-0.3, -0.25) is 9.59 Å². The van der Waals surface area contributed by atoms with Crippen molar-refractivity contribution in [3.63, 3.8) is 0 Å². The van der Waals surface area contributed by atoms with E-state index in [2.05, 4.69) is 0 Å². The maximum absolute atomic E-state index is 13.0. The number of para-hydroxylation sites is 3. The predicted molar refractivity (Wildman–Crippen MR) is 115 cm³/mol. The van der Waals surface area contributed by atoms with Gasteiger partial charge in [-0.1, -0.05) is 37.3 Å². The molecule has 7 nitrogen and oxygen atoms in total. The Morgan fingerprint density at radius 1 is 1.10 bits per heavy atom. The minimum absolute atomic E-state index is 0.214. The van der Waals surface area contributed by atoms with E-state index in [0.717, 1.165) is 16.7 Å². The third-order valence-electron chi connectivity index (χ3n) is 4.32. The molecule has 0 saturated carbocycles. The molecule has 156 valence electrons. The van der Waals surface area contributed by atoms with Crippen LogP contribution in [-0.2, 0) is 9.59 Å². The molecular weight excluding hydrogens is 406 g/mol. The van der Waals surface area contributed by atoms with Crippen molar-refractivity contribution in [1.82, 2.24) is 0 Å². The normalized spacial score (nSPS) is 16.1. The zero-order valence-electron chi connectivity index (χ0n) is 16.5. The van der Waals surface area contributed by atoms with Crippen molar-refractivity contribution in [1.29, 1.82) is 0 Å². The van der Waals surface area contributed by atoms with E-state index in [1.165, 1.54) is 6.08 Å². The van der Waals surface area contributed by atoms with Gasteiger partial charge in [-0.25, -0.2) is 9.69 Å². The third-order valence-corrected chi connectivity index (χ3v) is 5.19. The van der Waals surface area contributed by atoms with Gasteiger partial charge in [0.15, 0.2) is 6.10 Å². The second kappa shape index (κ2) is 9.49. The van der Waals surface area contributed by atoms with Crippen LogP contribution < -0.4 is 14.4 Å². The van der Waals surface area contributed by atoms with Crippen LogP contribution in [0.25, 0.3) is 6.08 Å². The number of hydrogen-bond acceptors (Lipinski definition) is 6. The Balaban J connectivity index is 1.93. The number of carboxylic acid groups (broad SMARTS) is 1. The summed E-state index contributed by atoms with van der Waals surface area (Å²) in [5, 5.41) is 8.82. The lowest BCUT2D eigenvalue weighted by atomic mass is 10.1. The molecule has 8 heteroatoms. The number of ether oxygens (including phenoxy) is 2. The Hall–Kier alpha value is -3.26. The largest absolute Gasteiger partial charge is 0.492 e. The molecule has 0 radical (unpaired) electrons. The molecule has 1 saturated heterocycles. The van der Waals surface area contributed by atoms with Gasteiger partial charge < -0.3 is 14.6 Å². The second-order valence-corrected chi connectivity index (χ2v) is 7.30. The number of hydrogen-bond donors (Lipinski definition) is 1. The standard InChI is InChI=1S/C22H21NO6S/c1-3-16(21(25)26)29-17-11-7-5-9-14(17)13-19-20(24)23(22(27)30-19)15-10-6-8-12-18(15)28-4-2/h5-13,16H,3-4H2,1-2H3,(H,25,26)/b19-13+. The first-order valence-corrected chi connectivity index (χ1v) is 10.3. The highest BCUT2D eigenvalue weighted by atomic mass is 32.2. The number of nitrogens with zero attached hydrogens (tertiary/aromatic N) is 1. The lowest BCUT2D eigenvalue weighted by Gasteiger charge is -2.17. The smallest absolute Gasteiger partial charge is 0.344 e.